The highest BCUT2D eigenvalue weighted by molar-refractivity contribution is 7.92. The van der Waals surface area contributed by atoms with Crippen molar-refractivity contribution in [3.05, 3.63) is 47.0 Å². The van der Waals surface area contributed by atoms with E-state index in [2.05, 4.69) is 9.71 Å². The highest BCUT2D eigenvalue weighted by Gasteiger charge is 2.22. The number of pyridine rings is 1. The van der Waals surface area contributed by atoms with E-state index in [1.807, 2.05) is 0 Å². The summed E-state index contributed by atoms with van der Waals surface area (Å²) in [5.74, 6) is -1.04. The van der Waals surface area contributed by atoms with Crippen LogP contribution in [-0.4, -0.2) is 13.4 Å². The maximum Gasteiger partial charge on any atom is 0.265 e. The van der Waals surface area contributed by atoms with Crippen molar-refractivity contribution in [2.45, 2.75) is 11.8 Å². The van der Waals surface area contributed by atoms with Gasteiger partial charge in [-0.1, -0.05) is 11.6 Å². The molecule has 0 unspecified atom stereocenters. The fraction of sp³-hybridized carbons (Fsp3) is 0.0833. The van der Waals surface area contributed by atoms with Crippen molar-refractivity contribution >= 4 is 33.0 Å². The zero-order valence-corrected chi connectivity index (χ0v) is 12.0. The third kappa shape index (κ3) is 2.83. The number of hydrogen-bond donors (Lipinski definition) is 2. The Morgan fingerprint density at radius 3 is 2.75 bits per heavy atom. The van der Waals surface area contributed by atoms with Gasteiger partial charge in [0.05, 0.1) is 17.1 Å². The average Bonchev–Trinajstić information content (AvgIpc) is 2.36. The van der Waals surface area contributed by atoms with Gasteiger partial charge in [0.15, 0.2) is 5.82 Å². The van der Waals surface area contributed by atoms with Gasteiger partial charge in [-0.05, 0) is 31.2 Å². The van der Waals surface area contributed by atoms with Crippen LogP contribution in [0.2, 0.25) is 5.02 Å². The molecule has 0 aliphatic rings. The van der Waals surface area contributed by atoms with Crippen LogP contribution in [0.3, 0.4) is 0 Å². The quantitative estimate of drug-likeness (QED) is 0.852. The number of aryl methyl sites for hydroxylation is 1. The molecule has 106 valence electrons. The SMILES string of the molecule is Cc1ncccc1NS(=O)(=O)c1cc(Cl)cc(N)c1F. The van der Waals surface area contributed by atoms with Gasteiger partial charge in [0.2, 0.25) is 0 Å². The minimum Gasteiger partial charge on any atom is -0.396 e. The normalized spacial score (nSPS) is 11.3. The number of nitrogen functional groups attached to an aromatic ring is 1. The van der Waals surface area contributed by atoms with Crippen LogP contribution in [-0.2, 0) is 10.0 Å². The van der Waals surface area contributed by atoms with Gasteiger partial charge in [-0.15, -0.1) is 0 Å². The van der Waals surface area contributed by atoms with Gasteiger partial charge in [0.25, 0.3) is 10.0 Å². The molecule has 1 aromatic heterocycles. The predicted octanol–water partition coefficient (Wildman–Crippen LogP) is 2.57. The van der Waals surface area contributed by atoms with E-state index in [0.29, 0.717) is 5.69 Å². The number of hydrogen-bond acceptors (Lipinski definition) is 4. The molecule has 1 aromatic carbocycles. The summed E-state index contributed by atoms with van der Waals surface area (Å²) in [5.41, 5.74) is 5.76. The topological polar surface area (TPSA) is 85.1 Å². The van der Waals surface area contributed by atoms with E-state index in [4.69, 9.17) is 17.3 Å². The molecule has 1 heterocycles. The summed E-state index contributed by atoms with van der Waals surface area (Å²) in [6, 6.07) is 5.23. The molecule has 2 aromatic rings. The zero-order valence-electron chi connectivity index (χ0n) is 10.4. The van der Waals surface area contributed by atoms with E-state index in [9.17, 15) is 12.8 Å². The molecule has 3 N–H and O–H groups in total. The van der Waals surface area contributed by atoms with Crippen LogP contribution in [0.15, 0.2) is 35.4 Å². The molecule has 0 aliphatic carbocycles. The average molecular weight is 316 g/mol. The fourth-order valence-electron chi connectivity index (χ4n) is 1.57. The molecule has 8 heteroatoms. The van der Waals surface area contributed by atoms with Crippen molar-refractivity contribution in [2.75, 3.05) is 10.5 Å². The lowest BCUT2D eigenvalue weighted by molar-refractivity contribution is 0.573. The third-order valence-corrected chi connectivity index (χ3v) is 4.16. The second-order valence-corrected chi connectivity index (χ2v) is 6.14. The Kier molecular flexibility index (Phi) is 3.82. The zero-order chi connectivity index (χ0) is 14.9. The molecule has 0 atom stereocenters. The molecule has 5 nitrogen and oxygen atoms in total. The summed E-state index contributed by atoms with van der Waals surface area (Å²) in [6.07, 6.45) is 1.52. The Balaban J connectivity index is 2.49. The van der Waals surface area contributed by atoms with E-state index in [1.165, 1.54) is 12.3 Å². The van der Waals surface area contributed by atoms with Gasteiger partial charge in [-0.2, -0.15) is 0 Å². The van der Waals surface area contributed by atoms with Gasteiger partial charge < -0.3 is 5.73 Å². The minimum atomic E-state index is -4.14. The lowest BCUT2D eigenvalue weighted by Crippen LogP contribution is -2.16. The molecule has 0 saturated carbocycles. The summed E-state index contributed by atoms with van der Waals surface area (Å²) in [7, 11) is -4.14. The molecule has 0 bridgehead atoms. The summed E-state index contributed by atoms with van der Waals surface area (Å²) >= 11 is 5.71. The van der Waals surface area contributed by atoms with E-state index < -0.39 is 20.7 Å². The van der Waals surface area contributed by atoms with Crippen molar-refractivity contribution < 1.29 is 12.8 Å². The van der Waals surface area contributed by atoms with Crippen LogP contribution in [0.4, 0.5) is 15.8 Å². The van der Waals surface area contributed by atoms with Gasteiger partial charge in [0.1, 0.15) is 4.90 Å². The molecular formula is C12H11ClFN3O2S. The lowest BCUT2D eigenvalue weighted by atomic mass is 10.3. The molecule has 2 rings (SSSR count). The number of anilines is 2. The van der Waals surface area contributed by atoms with Crippen molar-refractivity contribution in [3.8, 4) is 0 Å². The second-order valence-electron chi connectivity index (χ2n) is 4.05. The number of sulfonamides is 1. The highest BCUT2D eigenvalue weighted by atomic mass is 35.5. The standard InChI is InChI=1S/C12H11ClFN3O2S/c1-7-10(3-2-4-16-7)17-20(18,19)11-6-8(13)5-9(15)12(11)14/h2-6,17H,15H2,1H3. The number of nitrogens with two attached hydrogens (primary N) is 1. The third-order valence-electron chi connectivity index (χ3n) is 2.57. The first-order chi connectivity index (χ1) is 9.31. The summed E-state index contributed by atoms with van der Waals surface area (Å²) in [4.78, 5) is 3.34. The maximum absolute atomic E-state index is 13.9. The number of halogens is 2. The lowest BCUT2D eigenvalue weighted by Gasteiger charge is -2.11. The van der Waals surface area contributed by atoms with E-state index in [1.54, 1.807) is 13.0 Å². The van der Waals surface area contributed by atoms with Crippen molar-refractivity contribution in [2.24, 2.45) is 0 Å². The minimum absolute atomic E-state index is 0.0344. The summed E-state index contributed by atoms with van der Waals surface area (Å²) in [6.45, 7) is 1.63. The first-order valence-electron chi connectivity index (χ1n) is 5.50. The predicted molar refractivity (Wildman–Crippen MR) is 75.6 cm³/mol. The molecule has 0 aliphatic heterocycles. The van der Waals surface area contributed by atoms with Gasteiger partial charge >= 0.3 is 0 Å². The number of rotatable bonds is 3. The van der Waals surface area contributed by atoms with E-state index in [-0.39, 0.29) is 16.4 Å². The van der Waals surface area contributed by atoms with Crippen molar-refractivity contribution in [1.82, 2.24) is 4.98 Å². The van der Waals surface area contributed by atoms with Gasteiger partial charge in [0, 0.05) is 11.2 Å². The molecule has 0 spiro atoms. The maximum atomic E-state index is 13.9. The largest absolute Gasteiger partial charge is 0.396 e. The van der Waals surface area contributed by atoms with Crippen LogP contribution in [0, 0.1) is 12.7 Å². The Hall–Kier alpha value is -1.86. The fourth-order valence-corrected chi connectivity index (χ4v) is 3.11. The molecule has 0 saturated heterocycles. The summed E-state index contributed by atoms with van der Waals surface area (Å²) < 4.78 is 40.5. The first kappa shape index (κ1) is 14.5. The van der Waals surface area contributed by atoms with Gasteiger partial charge in [-0.3, -0.25) is 9.71 Å². The first-order valence-corrected chi connectivity index (χ1v) is 7.36. The Morgan fingerprint density at radius 1 is 1.40 bits per heavy atom. The van der Waals surface area contributed by atoms with Gasteiger partial charge in [-0.25, -0.2) is 12.8 Å². The van der Waals surface area contributed by atoms with Crippen molar-refractivity contribution in [1.29, 1.82) is 0 Å². The number of nitrogens with one attached hydrogen (secondary N) is 1. The summed E-state index contributed by atoms with van der Waals surface area (Å²) in [5, 5.41) is 0.0344. The van der Waals surface area contributed by atoms with E-state index in [0.717, 1.165) is 12.1 Å². The van der Waals surface area contributed by atoms with Crippen LogP contribution in [0.1, 0.15) is 5.69 Å². The van der Waals surface area contributed by atoms with Crippen LogP contribution in [0.25, 0.3) is 0 Å². The number of aromatic nitrogens is 1. The van der Waals surface area contributed by atoms with Crippen LogP contribution in [0.5, 0.6) is 0 Å². The number of benzene rings is 1. The molecule has 20 heavy (non-hydrogen) atoms. The molecule has 0 radical (unpaired) electrons. The molecule has 0 amide bonds. The van der Waals surface area contributed by atoms with Crippen molar-refractivity contribution in [3.63, 3.8) is 0 Å². The monoisotopic (exact) mass is 315 g/mol. The Labute approximate surface area is 120 Å². The van der Waals surface area contributed by atoms with Crippen LogP contribution >= 0.6 is 11.6 Å². The number of nitrogens with zero attached hydrogens (tertiary/aromatic N) is 1. The smallest absolute Gasteiger partial charge is 0.265 e. The van der Waals surface area contributed by atoms with Crippen LogP contribution < -0.4 is 10.5 Å². The molecule has 0 fully saturated rings. The Morgan fingerprint density at radius 2 is 2.10 bits per heavy atom. The van der Waals surface area contributed by atoms with E-state index >= 15 is 0 Å². The highest BCUT2D eigenvalue weighted by Crippen LogP contribution is 2.27. The second kappa shape index (κ2) is 5.26. The molecular weight excluding hydrogens is 305 g/mol. The Bertz CT molecular complexity index is 765.